The number of para-hydroxylation sites is 1. The van der Waals surface area contributed by atoms with Crippen LogP contribution < -0.4 is 4.90 Å². The van der Waals surface area contributed by atoms with Crippen LogP contribution in [0.1, 0.15) is 43.5 Å². The molecule has 126 valence electrons. The Morgan fingerprint density at radius 1 is 1.09 bits per heavy atom. The third-order valence-corrected chi connectivity index (χ3v) is 4.12. The number of ether oxygens (including phenoxy) is 1. The molecular weight excluding hydrogens is 292 g/mol. The van der Waals surface area contributed by atoms with Gasteiger partial charge in [0.1, 0.15) is 0 Å². The molecule has 0 spiro atoms. The van der Waals surface area contributed by atoms with E-state index in [1.807, 2.05) is 23.1 Å². The summed E-state index contributed by atoms with van der Waals surface area (Å²) in [6, 6.07) is 7.52. The molecule has 1 fully saturated rings. The molecule has 1 saturated heterocycles. The molecule has 1 amide bonds. The first kappa shape index (κ1) is 17.3. The van der Waals surface area contributed by atoms with Crippen LogP contribution in [0.3, 0.4) is 0 Å². The predicted octanol–water partition coefficient (Wildman–Crippen LogP) is 2.70. The molecule has 0 radical (unpaired) electrons. The molecule has 1 aromatic carbocycles. The Hall–Kier alpha value is -2.04. The van der Waals surface area contributed by atoms with E-state index in [0.717, 1.165) is 31.6 Å². The van der Waals surface area contributed by atoms with E-state index in [1.54, 1.807) is 13.0 Å². The first-order valence-corrected chi connectivity index (χ1v) is 8.46. The summed E-state index contributed by atoms with van der Waals surface area (Å²) in [6.45, 7) is 7.17. The molecule has 5 heteroatoms. The number of amides is 1. The second-order valence-electron chi connectivity index (χ2n) is 5.71. The average Bonchev–Trinajstić information content (AvgIpc) is 2.60. The molecule has 0 N–H and O–H groups in total. The van der Waals surface area contributed by atoms with Gasteiger partial charge in [-0.2, -0.15) is 0 Å². The maximum Gasteiger partial charge on any atom is 0.340 e. The highest BCUT2D eigenvalue weighted by molar-refractivity contribution is 5.96. The van der Waals surface area contributed by atoms with Crippen molar-refractivity contribution >= 4 is 17.6 Å². The second-order valence-corrected chi connectivity index (χ2v) is 5.71. The molecule has 0 saturated carbocycles. The summed E-state index contributed by atoms with van der Waals surface area (Å²) < 4.78 is 5.13. The van der Waals surface area contributed by atoms with Crippen LogP contribution in [0.4, 0.5) is 5.69 Å². The summed E-state index contributed by atoms with van der Waals surface area (Å²) in [7, 11) is 0. The topological polar surface area (TPSA) is 49.9 Å². The smallest absolute Gasteiger partial charge is 0.340 e. The van der Waals surface area contributed by atoms with Gasteiger partial charge < -0.3 is 14.5 Å². The fourth-order valence-corrected chi connectivity index (χ4v) is 2.81. The largest absolute Gasteiger partial charge is 0.462 e. The van der Waals surface area contributed by atoms with E-state index in [1.165, 1.54) is 0 Å². The van der Waals surface area contributed by atoms with E-state index >= 15 is 0 Å². The molecule has 23 heavy (non-hydrogen) atoms. The van der Waals surface area contributed by atoms with Crippen LogP contribution in [0.15, 0.2) is 24.3 Å². The summed E-state index contributed by atoms with van der Waals surface area (Å²) >= 11 is 0. The zero-order valence-electron chi connectivity index (χ0n) is 14.1. The molecule has 1 aromatic rings. The van der Waals surface area contributed by atoms with Crippen molar-refractivity contribution in [2.75, 3.05) is 37.7 Å². The molecule has 0 unspecified atom stereocenters. The lowest BCUT2D eigenvalue weighted by atomic mass is 10.1. The van der Waals surface area contributed by atoms with Gasteiger partial charge >= 0.3 is 5.97 Å². The van der Waals surface area contributed by atoms with Gasteiger partial charge in [-0.25, -0.2) is 4.79 Å². The summed E-state index contributed by atoms with van der Waals surface area (Å²) in [5.74, 6) is -0.0465. The molecule has 1 heterocycles. The highest BCUT2D eigenvalue weighted by Gasteiger charge is 2.23. The molecule has 1 aliphatic rings. The van der Waals surface area contributed by atoms with Crippen molar-refractivity contribution in [3.63, 3.8) is 0 Å². The summed E-state index contributed by atoms with van der Waals surface area (Å²) in [5.41, 5.74) is 1.49. The lowest BCUT2D eigenvalue weighted by Crippen LogP contribution is -2.49. The van der Waals surface area contributed by atoms with Crippen molar-refractivity contribution in [1.82, 2.24) is 4.90 Å². The van der Waals surface area contributed by atoms with Crippen molar-refractivity contribution < 1.29 is 14.3 Å². The molecule has 2 rings (SSSR count). The summed E-state index contributed by atoms with van der Waals surface area (Å²) in [5, 5.41) is 0. The van der Waals surface area contributed by atoms with Gasteiger partial charge in [-0.3, -0.25) is 4.79 Å². The Bertz CT molecular complexity index is 537. The minimum absolute atomic E-state index is 0.241. The van der Waals surface area contributed by atoms with Gasteiger partial charge in [0.2, 0.25) is 5.91 Å². The quantitative estimate of drug-likeness (QED) is 0.757. The van der Waals surface area contributed by atoms with Gasteiger partial charge in [-0.05, 0) is 25.5 Å². The van der Waals surface area contributed by atoms with E-state index in [2.05, 4.69) is 11.8 Å². The first-order valence-electron chi connectivity index (χ1n) is 8.46. The Morgan fingerprint density at radius 3 is 2.43 bits per heavy atom. The monoisotopic (exact) mass is 318 g/mol. The zero-order chi connectivity index (χ0) is 16.7. The van der Waals surface area contributed by atoms with E-state index in [0.29, 0.717) is 31.7 Å². The predicted molar refractivity (Wildman–Crippen MR) is 90.7 cm³/mol. The van der Waals surface area contributed by atoms with Gasteiger partial charge in [0.15, 0.2) is 0 Å². The lowest BCUT2D eigenvalue weighted by molar-refractivity contribution is -0.131. The molecule has 1 aliphatic heterocycles. The van der Waals surface area contributed by atoms with Crippen LogP contribution in [0.5, 0.6) is 0 Å². The van der Waals surface area contributed by atoms with Crippen molar-refractivity contribution in [1.29, 1.82) is 0 Å². The minimum Gasteiger partial charge on any atom is -0.462 e. The number of carbonyl (C=O) groups is 2. The first-order chi connectivity index (χ1) is 11.2. The average molecular weight is 318 g/mol. The third kappa shape index (κ3) is 4.47. The number of anilines is 1. The highest BCUT2D eigenvalue weighted by atomic mass is 16.5. The third-order valence-electron chi connectivity index (χ3n) is 4.12. The number of rotatable bonds is 6. The SMILES string of the molecule is CCCCC(=O)N1CCN(c2ccccc2C(=O)OCC)CC1. The molecule has 0 aliphatic carbocycles. The standard InChI is InChI=1S/C18H26N2O3/c1-3-5-10-17(21)20-13-11-19(12-14-20)16-9-7-6-8-15(16)18(22)23-4-2/h6-9H,3-5,10-14H2,1-2H3. The van der Waals surface area contributed by atoms with Gasteiger partial charge in [-0.1, -0.05) is 25.5 Å². The maximum atomic E-state index is 12.1. The van der Waals surface area contributed by atoms with Crippen LogP contribution in [0, 0.1) is 0 Å². The maximum absolute atomic E-state index is 12.1. The number of unbranched alkanes of at least 4 members (excludes halogenated alkanes) is 1. The van der Waals surface area contributed by atoms with E-state index in [4.69, 9.17) is 4.74 Å². The fraction of sp³-hybridized carbons (Fsp3) is 0.556. The van der Waals surface area contributed by atoms with Gasteiger partial charge in [-0.15, -0.1) is 0 Å². The molecule has 5 nitrogen and oxygen atoms in total. The van der Waals surface area contributed by atoms with Crippen molar-refractivity contribution in [3.8, 4) is 0 Å². The van der Waals surface area contributed by atoms with Crippen LogP contribution in [-0.4, -0.2) is 49.6 Å². The number of nitrogens with zero attached hydrogens (tertiary/aromatic N) is 2. The van der Waals surface area contributed by atoms with Crippen LogP contribution in [-0.2, 0) is 9.53 Å². The highest BCUT2D eigenvalue weighted by Crippen LogP contribution is 2.23. The Kier molecular flexibility index (Phi) is 6.44. The second kappa shape index (κ2) is 8.56. The van der Waals surface area contributed by atoms with Crippen LogP contribution in [0.25, 0.3) is 0 Å². The molecule has 0 aromatic heterocycles. The number of hydrogen-bond acceptors (Lipinski definition) is 4. The summed E-state index contributed by atoms with van der Waals surface area (Å²) in [4.78, 5) is 28.3. The molecular formula is C18H26N2O3. The molecule has 0 atom stereocenters. The normalized spacial score (nSPS) is 14.7. The van der Waals surface area contributed by atoms with Crippen molar-refractivity contribution in [3.05, 3.63) is 29.8 Å². The van der Waals surface area contributed by atoms with E-state index < -0.39 is 0 Å². The summed E-state index contributed by atoms with van der Waals surface area (Å²) in [6.07, 6.45) is 2.62. The van der Waals surface area contributed by atoms with Gasteiger partial charge in [0, 0.05) is 32.6 Å². The fourth-order valence-electron chi connectivity index (χ4n) is 2.81. The Balaban J connectivity index is 2.00. The zero-order valence-corrected chi connectivity index (χ0v) is 14.1. The Morgan fingerprint density at radius 2 is 1.78 bits per heavy atom. The van der Waals surface area contributed by atoms with Gasteiger partial charge in [0.05, 0.1) is 17.9 Å². The van der Waals surface area contributed by atoms with Crippen molar-refractivity contribution in [2.45, 2.75) is 33.1 Å². The Labute approximate surface area is 138 Å². The molecule has 0 bridgehead atoms. The van der Waals surface area contributed by atoms with E-state index in [-0.39, 0.29) is 11.9 Å². The van der Waals surface area contributed by atoms with E-state index in [9.17, 15) is 9.59 Å². The van der Waals surface area contributed by atoms with Crippen molar-refractivity contribution in [2.24, 2.45) is 0 Å². The lowest BCUT2D eigenvalue weighted by Gasteiger charge is -2.36. The number of carbonyl (C=O) groups excluding carboxylic acids is 2. The number of piperazine rings is 1. The number of hydrogen-bond donors (Lipinski definition) is 0. The number of benzene rings is 1. The van der Waals surface area contributed by atoms with Crippen LogP contribution in [0.2, 0.25) is 0 Å². The van der Waals surface area contributed by atoms with Crippen LogP contribution >= 0.6 is 0 Å². The van der Waals surface area contributed by atoms with Gasteiger partial charge in [0.25, 0.3) is 0 Å². The minimum atomic E-state index is -0.287. The number of esters is 1.